The summed E-state index contributed by atoms with van der Waals surface area (Å²) in [5.74, 6) is -0.989. The van der Waals surface area contributed by atoms with E-state index < -0.39 is 23.7 Å². The van der Waals surface area contributed by atoms with E-state index in [-0.39, 0.29) is 11.5 Å². The van der Waals surface area contributed by atoms with E-state index in [0.29, 0.717) is 22.9 Å². The molecule has 3 aromatic carbocycles. The van der Waals surface area contributed by atoms with Crippen LogP contribution >= 0.6 is 11.6 Å². The Balaban J connectivity index is 1.61. The Bertz CT molecular complexity index is 1150. The molecule has 0 bridgehead atoms. The molecular weight excluding hydrogens is 457 g/mol. The second-order valence-corrected chi connectivity index (χ2v) is 8.33. The maximum Gasteiger partial charge on any atom is 0.262 e. The molecule has 0 spiro atoms. The van der Waals surface area contributed by atoms with Crippen LogP contribution in [0.25, 0.3) is 0 Å². The number of nitrogens with one attached hydrogen (secondary N) is 2. The molecule has 6 nitrogen and oxygen atoms in total. The summed E-state index contributed by atoms with van der Waals surface area (Å²) in [6.07, 6.45) is 1.48. The van der Waals surface area contributed by atoms with Gasteiger partial charge >= 0.3 is 0 Å². The number of benzene rings is 3. The average molecular weight is 482 g/mol. The van der Waals surface area contributed by atoms with Crippen molar-refractivity contribution in [3.05, 3.63) is 100 Å². The standard InChI is InChI=1S/C26H25ClFN3O3/c1-17(2)24(30-25(32)19-9-13-22(28)14-10-19)26(33)31-29-15-20-5-3-4-6-23(20)34-16-18-7-11-21(27)12-8-18/h3-15,17,24H,16H2,1-2H3,(H,30,32)(H,31,33)/b29-15-/t24-/m1/s1. The molecule has 2 amide bonds. The number of amides is 2. The number of halogens is 2. The van der Waals surface area contributed by atoms with Gasteiger partial charge in [0.1, 0.15) is 24.2 Å². The van der Waals surface area contributed by atoms with Crippen LogP contribution in [0.5, 0.6) is 5.75 Å². The van der Waals surface area contributed by atoms with Crippen LogP contribution in [0.1, 0.15) is 35.3 Å². The van der Waals surface area contributed by atoms with E-state index in [9.17, 15) is 14.0 Å². The molecule has 176 valence electrons. The lowest BCUT2D eigenvalue weighted by atomic mass is 10.0. The van der Waals surface area contributed by atoms with Crippen LogP contribution in [-0.4, -0.2) is 24.1 Å². The van der Waals surface area contributed by atoms with Crippen LogP contribution in [0.15, 0.2) is 77.9 Å². The molecule has 0 aliphatic carbocycles. The molecule has 3 aromatic rings. The van der Waals surface area contributed by atoms with Crippen molar-refractivity contribution < 1.29 is 18.7 Å². The molecule has 8 heteroatoms. The first kappa shape index (κ1) is 24.9. The van der Waals surface area contributed by atoms with E-state index in [1.54, 1.807) is 32.0 Å². The molecule has 1 atom stereocenters. The predicted octanol–water partition coefficient (Wildman–Crippen LogP) is 4.96. The summed E-state index contributed by atoms with van der Waals surface area (Å²) >= 11 is 5.91. The van der Waals surface area contributed by atoms with Gasteiger partial charge in [0, 0.05) is 16.1 Å². The molecule has 0 heterocycles. The lowest BCUT2D eigenvalue weighted by molar-refractivity contribution is -0.123. The summed E-state index contributed by atoms with van der Waals surface area (Å²) in [5, 5.41) is 7.37. The largest absolute Gasteiger partial charge is 0.488 e. The van der Waals surface area contributed by atoms with E-state index in [1.165, 1.54) is 30.5 Å². The zero-order chi connectivity index (χ0) is 24.5. The first-order chi connectivity index (χ1) is 16.3. The SMILES string of the molecule is CC(C)[C@@H](NC(=O)c1ccc(F)cc1)C(=O)N/N=C\c1ccccc1OCc1ccc(Cl)cc1. The van der Waals surface area contributed by atoms with Crippen LogP contribution in [-0.2, 0) is 11.4 Å². The third kappa shape index (κ3) is 7.15. The maximum absolute atomic E-state index is 13.1. The van der Waals surface area contributed by atoms with E-state index in [2.05, 4.69) is 15.8 Å². The van der Waals surface area contributed by atoms with Gasteiger partial charge in [0.05, 0.1) is 6.21 Å². The van der Waals surface area contributed by atoms with Gasteiger partial charge in [0.2, 0.25) is 0 Å². The van der Waals surface area contributed by atoms with Crippen molar-refractivity contribution in [3.8, 4) is 5.75 Å². The average Bonchev–Trinajstić information content (AvgIpc) is 2.83. The first-order valence-electron chi connectivity index (χ1n) is 10.7. The molecule has 3 rings (SSSR count). The van der Waals surface area contributed by atoms with Crippen LogP contribution in [0.3, 0.4) is 0 Å². The van der Waals surface area contributed by atoms with Gasteiger partial charge in [-0.3, -0.25) is 9.59 Å². The zero-order valence-electron chi connectivity index (χ0n) is 18.8. The maximum atomic E-state index is 13.1. The predicted molar refractivity (Wildman–Crippen MR) is 130 cm³/mol. The van der Waals surface area contributed by atoms with Gasteiger partial charge in [-0.15, -0.1) is 0 Å². The summed E-state index contributed by atoms with van der Waals surface area (Å²) in [6, 6.07) is 18.9. The van der Waals surface area contributed by atoms with Gasteiger partial charge in [-0.25, -0.2) is 9.82 Å². The Morgan fingerprint density at radius 1 is 1.03 bits per heavy atom. The number of para-hydroxylation sites is 1. The van der Waals surface area contributed by atoms with Crippen molar-refractivity contribution in [1.29, 1.82) is 0 Å². The Morgan fingerprint density at radius 2 is 1.71 bits per heavy atom. The number of carbonyl (C=O) groups excluding carboxylic acids is 2. The fraction of sp³-hybridized carbons (Fsp3) is 0.192. The van der Waals surface area contributed by atoms with Crippen molar-refractivity contribution >= 4 is 29.6 Å². The van der Waals surface area contributed by atoms with Crippen molar-refractivity contribution in [1.82, 2.24) is 10.7 Å². The van der Waals surface area contributed by atoms with E-state index >= 15 is 0 Å². The van der Waals surface area contributed by atoms with Gasteiger partial charge in [-0.2, -0.15) is 5.10 Å². The number of hydrogen-bond acceptors (Lipinski definition) is 4. The smallest absolute Gasteiger partial charge is 0.262 e. The zero-order valence-corrected chi connectivity index (χ0v) is 19.6. The summed E-state index contributed by atoms with van der Waals surface area (Å²) in [6.45, 7) is 3.96. The highest BCUT2D eigenvalue weighted by Crippen LogP contribution is 2.18. The third-order valence-electron chi connectivity index (χ3n) is 4.95. The monoisotopic (exact) mass is 481 g/mol. The molecule has 0 aliphatic rings. The highest BCUT2D eigenvalue weighted by Gasteiger charge is 2.24. The Morgan fingerprint density at radius 3 is 2.38 bits per heavy atom. The number of rotatable bonds is 9. The molecule has 0 saturated heterocycles. The molecule has 2 N–H and O–H groups in total. The normalized spacial score (nSPS) is 11.9. The Kier molecular flexibility index (Phi) is 8.76. The first-order valence-corrected chi connectivity index (χ1v) is 11.1. The quantitative estimate of drug-likeness (QED) is 0.335. The van der Waals surface area contributed by atoms with Crippen LogP contribution < -0.4 is 15.5 Å². The van der Waals surface area contributed by atoms with Crippen molar-refractivity contribution in [2.24, 2.45) is 11.0 Å². The number of hydrogen-bond donors (Lipinski definition) is 2. The minimum absolute atomic E-state index is 0.199. The molecule has 0 aliphatic heterocycles. The van der Waals surface area contributed by atoms with Crippen molar-refractivity contribution in [3.63, 3.8) is 0 Å². The number of carbonyl (C=O) groups is 2. The van der Waals surface area contributed by atoms with E-state index in [4.69, 9.17) is 16.3 Å². The molecular formula is C26H25ClFN3O3. The second kappa shape index (κ2) is 12.0. The van der Waals surface area contributed by atoms with E-state index in [0.717, 1.165) is 5.56 Å². The number of ether oxygens (including phenoxy) is 1. The fourth-order valence-electron chi connectivity index (χ4n) is 3.06. The molecule has 0 radical (unpaired) electrons. The molecule has 34 heavy (non-hydrogen) atoms. The molecule has 0 unspecified atom stereocenters. The Hall–Kier alpha value is -3.71. The molecule has 0 saturated carbocycles. The number of nitrogens with zero attached hydrogens (tertiary/aromatic N) is 1. The summed E-state index contributed by atoms with van der Waals surface area (Å²) in [4.78, 5) is 25.1. The van der Waals surface area contributed by atoms with Crippen LogP contribution in [0.2, 0.25) is 5.02 Å². The second-order valence-electron chi connectivity index (χ2n) is 7.89. The van der Waals surface area contributed by atoms with Gasteiger partial charge in [0.15, 0.2) is 0 Å². The minimum Gasteiger partial charge on any atom is -0.488 e. The van der Waals surface area contributed by atoms with E-state index in [1.807, 2.05) is 30.3 Å². The lowest BCUT2D eigenvalue weighted by Gasteiger charge is -2.20. The Labute approximate surface area is 202 Å². The summed E-state index contributed by atoms with van der Waals surface area (Å²) in [5.41, 5.74) is 4.36. The van der Waals surface area contributed by atoms with Gasteiger partial charge in [-0.05, 0) is 60.0 Å². The highest BCUT2D eigenvalue weighted by molar-refractivity contribution is 6.30. The summed E-state index contributed by atoms with van der Waals surface area (Å²) < 4.78 is 19.0. The van der Waals surface area contributed by atoms with Crippen molar-refractivity contribution in [2.75, 3.05) is 0 Å². The minimum atomic E-state index is -0.828. The van der Waals surface area contributed by atoms with Crippen LogP contribution in [0, 0.1) is 11.7 Å². The fourth-order valence-corrected chi connectivity index (χ4v) is 3.18. The molecule has 0 aromatic heterocycles. The topological polar surface area (TPSA) is 79.8 Å². The highest BCUT2D eigenvalue weighted by atomic mass is 35.5. The summed E-state index contributed by atoms with van der Waals surface area (Å²) in [7, 11) is 0. The van der Waals surface area contributed by atoms with Crippen molar-refractivity contribution in [2.45, 2.75) is 26.5 Å². The third-order valence-corrected chi connectivity index (χ3v) is 5.20. The van der Waals surface area contributed by atoms with Gasteiger partial charge in [0.25, 0.3) is 11.8 Å². The lowest BCUT2D eigenvalue weighted by Crippen LogP contribution is -2.48. The van der Waals surface area contributed by atoms with Gasteiger partial charge in [-0.1, -0.05) is 49.7 Å². The molecule has 0 fully saturated rings. The van der Waals surface area contributed by atoms with Gasteiger partial charge < -0.3 is 10.1 Å². The van der Waals surface area contributed by atoms with Crippen LogP contribution in [0.4, 0.5) is 4.39 Å². The number of hydrazone groups is 1.